The second-order valence-electron chi connectivity index (χ2n) is 13.0. The Labute approximate surface area is 285 Å². The number of aryl methyl sites for hydroxylation is 2. The minimum absolute atomic E-state index is 0.161. The van der Waals surface area contributed by atoms with Crippen molar-refractivity contribution in [1.29, 1.82) is 0 Å². The number of carbonyl (C=O) groups is 3. The normalized spacial score (nSPS) is 23.9. The van der Waals surface area contributed by atoms with Gasteiger partial charge in [0.15, 0.2) is 12.1 Å². The molecule has 6 heterocycles. The molecule has 1 saturated carbocycles. The zero-order valence-electron chi connectivity index (χ0n) is 27.1. The number of Topliss-reactive ketones (excluding diaryl/α,β-unsaturated/α-hetero) is 1. The molecule has 246 valence electrons. The van der Waals surface area contributed by atoms with Crippen molar-refractivity contribution in [2.24, 2.45) is 15.5 Å². The summed E-state index contributed by atoms with van der Waals surface area (Å²) in [5, 5.41) is 12.7. The molecule has 14 nitrogen and oxygen atoms in total. The Hall–Kier alpha value is -4.76. The zero-order chi connectivity index (χ0) is 33.8. The molecular formula is C33H35BrN11O3+. The standard InChI is InChI=1S/C33H34BrN11O3/c1-5-6-21-7-8-28(34)40-31(21)41-32(48)25-10-33(16-45(4)18-35-17-39-45)11-27(33)44(25)29(47)15-43-26-14-38-24(22-12-36-20(3)37-13-22)9-23(26)30(42-43)19(2)46/h7-9,12-14,17-18,25,27H,5-6,10-11,15-16H2,1-4H3/p+1/t25-,27+,33-,45?/m0/s1. The lowest BCUT2D eigenvalue weighted by Crippen LogP contribution is -2.47. The number of ketones is 1. The van der Waals surface area contributed by atoms with E-state index in [4.69, 9.17) is 0 Å². The number of aromatic nitrogens is 6. The highest BCUT2D eigenvalue weighted by Gasteiger charge is 2.70. The topological polar surface area (TPSA) is 161 Å². The minimum atomic E-state index is -0.734. The van der Waals surface area contributed by atoms with Crippen molar-refractivity contribution in [2.45, 2.75) is 65.1 Å². The van der Waals surface area contributed by atoms with E-state index < -0.39 is 6.04 Å². The lowest BCUT2D eigenvalue weighted by molar-refractivity contribution is -0.823. The number of pyridine rings is 2. The van der Waals surface area contributed by atoms with Gasteiger partial charge in [0.1, 0.15) is 41.1 Å². The van der Waals surface area contributed by atoms with Crippen molar-refractivity contribution in [3.63, 3.8) is 0 Å². The molecule has 1 N–H and O–H groups in total. The highest BCUT2D eigenvalue weighted by atomic mass is 79.9. The van der Waals surface area contributed by atoms with E-state index >= 15 is 0 Å². The van der Waals surface area contributed by atoms with E-state index in [0.717, 1.165) is 24.8 Å². The van der Waals surface area contributed by atoms with Crippen molar-refractivity contribution < 1.29 is 19.0 Å². The van der Waals surface area contributed by atoms with Crippen molar-refractivity contribution in [2.75, 3.05) is 18.9 Å². The largest absolute Gasteiger partial charge is 0.325 e. The number of piperidine rings is 1. The fourth-order valence-corrected chi connectivity index (χ4v) is 7.41. The Bertz CT molecular complexity index is 2010. The average molecular weight is 714 g/mol. The van der Waals surface area contributed by atoms with Gasteiger partial charge in [0.2, 0.25) is 18.2 Å². The SMILES string of the molecule is CCCc1ccc(Br)nc1NC(=O)[C@@H]1C[C@@]2(C[N+]3(C)C=NC=N3)C[C@H]2N1C(=O)Cn1nc(C(C)=O)c2cc(-c3cnc(C)nc3)ncc21. The van der Waals surface area contributed by atoms with Crippen molar-refractivity contribution >= 4 is 62.9 Å². The molecule has 1 saturated heterocycles. The van der Waals surface area contributed by atoms with Crippen LogP contribution in [-0.4, -0.2) is 95.2 Å². The molecule has 48 heavy (non-hydrogen) atoms. The first-order chi connectivity index (χ1) is 23.0. The summed E-state index contributed by atoms with van der Waals surface area (Å²) in [5.74, 6) is 0.319. The van der Waals surface area contributed by atoms with Crippen LogP contribution >= 0.6 is 15.9 Å². The molecule has 4 aromatic rings. The third kappa shape index (κ3) is 5.81. The Morgan fingerprint density at radius 3 is 2.62 bits per heavy atom. The quantitative estimate of drug-likeness (QED) is 0.147. The number of anilines is 1. The molecule has 1 unspecified atom stereocenters. The fraction of sp³-hybridized carbons (Fsp3) is 0.394. The summed E-state index contributed by atoms with van der Waals surface area (Å²) in [7, 11) is 1.96. The lowest BCUT2D eigenvalue weighted by atomic mass is 9.98. The number of carbonyl (C=O) groups excluding carboxylic acids is 3. The number of rotatable bonds is 10. The number of nitrogens with one attached hydrogen (secondary N) is 1. The number of hydrogen-bond acceptors (Lipinski definition) is 10. The van der Waals surface area contributed by atoms with Crippen LogP contribution in [0.3, 0.4) is 0 Å². The van der Waals surface area contributed by atoms with Crippen LogP contribution in [0.1, 0.15) is 55.0 Å². The molecule has 0 spiro atoms. The number of halogens is 1. The Balaban J connectivity index is 1.20. The number of nitrogens with zero attached hydrogens (tertiary/aromatic N) is 10. The Kier molecular flexibility index (Phi) is 7.98. The van der Waals surface area contributed by atoms with Crippen LogP contribution in [0.4, 0.5) is 5.82 Å². The molecule has 2 aliphatic heterocycles. The second kappa shape index (κ2) is 12.0. The monoisotopic (exact) mass is 712 g/mol. The maximum atomic E-state index is 14.3. The highest BCUT2D eigenvalue weighted by Crippen LogP contribution is 2.60. The summed E-state index contributed by atoms with van der Waals surface area (Å²) in [6.45, 7) is 5.75. The van der Waals surface area contributed by atoms with Gasteiger partial charge in [0.05, 0.1) is 24.5 Å². The maximum absolute atomic E-state index is 14.3. The van der Waals surface area contributed by atoms with E-state index in [9.17, 15) is 14.4 Å². The summed E-state index contributed by atoms with van der Waals surface area (Å²) in [6, 6.07) is 4.68. The molecule has 2 fully saturated rings. The van der Waals surface area contributed by atoms with Crippen LogP contribution < -0.4 is 5.32 Å². The predicted molar refractivity (Wildman–Crippen MR) is 182 cm³/mol. The number of amides is 2. The number of aliphatic imine (C=N–C) groups is 1. The molecule has 0 bridgehead atoms. The molecule has 1 aliphatic carbocycles. The summed E-state index contributed by atoms with van der Waals surface area (Å²) >= 11 is 3.43. The van der Waals surface area contributed by atoms with Gasteiger partial charge in [0.25, 0.3) is 0 Å². The molecule has 0 radical (unpaired) electrons. The highest BCUT2D eigenvalue weighted by molar-refractivity contribution is 9.10. The van der Waals surface area contributed by atoms with E-state index in [1.54, 1.807) is 42.8 Å². The smallest absolute Gasteiger partial charge is 0.248 e. The second-order valence-corrected chi connectivity index (χ2v) is 13.8. The van der Waals surface area contributed by atoms with Crippen molar-refractivity contribution in [3.05, 3.63) is 58.5 Å². The summed E-state index contributed by atoms with van der Waals surface area (Å²) in [5.41, 5.74) is 2.68. The third-order valence-electron chi connectivity index (χ3n) is 9.38. The third-order valence-corrected chi connectivity index (χ3v) is 9.82. The number of hydrogen-bond donors (Lipinski definition) is 1. The van der Waals surface area contributed by atoms with E-state index in [2.05, 4.69) is 63.3 Å². The minimum Gasteiger partial charge on any atom is -0.325 e. The molecule has 4 aromatic heterocycles. The first-order valence-corrected chi connectivity index (χ1v) is 16.7. The molecular weight excluding hydrogens is 678 g/mol. The van der Waals surface area contributed by atoms with Crippen LogP contribution in [-0.2, 0) is 22.6 Å². The van der Waals surface area contributed by atoms with Crippen LogP contribution in [0.25, 0.3) is 22.2 Å². The number of quaternary nitrogens is 1. The van der Waals surface area contributed by atoms with E-state index in [-0.39, 0.29) is 45.9 Å². The Morgan fingerprint density at radius 2 is 1.92 bits per heavy atom. The van der Waals surface area contributed by atoms with Gasteiger partial charge in [-0.05, 0) is 59.8 Å². The molecule has 2 amide bonds. The van der Waals surface area contributed by atoms with Gasteiger partial charge >= 0.3 is 0 Å². The van der Waals surface area contributed by atoms with Gasteiger partial charge in [-0.25, -0.2) is 15.0 Å². The number of likely N-dealkylation sites (tertiary alicyclic amines) is 1. The van der Waals surface area contributed by atoms with Gasteiger partial charge in [-0.1, -0.05) is 24.5 Å². The fourth-order valence-electron chi connectivity index (χ4n) is 7.10. The number of fused-ring (bicyclic) bond motifs is 2. The molecule has 15 heteroatoms. The van der Waals surface area contributed by atoms with Gasteiger partial charge in [-0.3, -0.25) is 24.0 Å². The zero-order valence-corrected chi connectivity index (χ0v) is 28.7. The summed E-state index contributed by atoms with van der Waals surface area (Å²) in [4.78, 5) is 64.7. The van der Waals surface area contributed by atoms with Crippen LogP contribution in [0.2, 0.25) is 0 Å². The molecule has 3 aliphatic rings. The van der Waals surface area contributed by atoms with Crippen LogP contribution in [0.5, 0.6) is 0 Å². The summed E-state index contributed by atoms with van der Waals surface area (Å²) in [6.07, 6.45) is 11.1. The lowest BCUT2D eigenvalue weighted by Gasteiger charge is -2.27. The molecule has 0 aromatic carbocycles. The average Bonchev–Trinajstić information content (AvgIpc) is 3.32. The van der Waals surface area contributed by atoms with Crippen molar-refractivity contribution in [3.8, 4) is 11.3 Å². The van der Waals surface area contributed by atoms with Gasteiger partial charge < -0.3 is 10.2 Å². The van der Waals surface area contributed by atoms with Gasteiger partial charge in [-0.2, -0.15) is 14.7 Å². The van der Waals surface area contributed by atoms with E-state index in [1.165, 1.54) is 17.9 Å². The van der Waals surface area contributed by atoms with Crippen molar-refractivity contribution in [1.82, 2.24) is 34.6 Å². The van der Waals surface area contributed by atoms with E-state index in [1.807, 2.05) is 19.2 Å². The van der Waals surface area contributed by atoms with Crippen LogP contribution in [0.15, 0.2) is 51.5 Å². The molecule has 4 atom stereocenters. The van der Waals surface area contributed by atoms with Gasteiger partial charge in [0, 0.05) is 41.7 Å². The van der Waals surface area contributed by atoms with E-state index in [0.29, 0.717) is 51.4 Å². The molecule has 7 rings (SSSR count). The Morgan fingerprint density at radius 1 is 1.12 bits per heavy atom. The first-order valence-electron chi connectivity index (χ1n) is 15.9. The van der Waals surface area contributed by atoms with Crippen LogP contribution in [0, 0.1) is 12.3 Å². The maximum Gasteiger partial charge on any atom is 0.248 e. The summed E-state index contributed by atoms with van der Waals surface area (Å²) < 4.78 is 2.37. The van der Waals surface area contributed by atoms with Gasteiger partial charge in [-0.15, -0.1) is 0 Å². The predicted octanol–water partition coefficient (Wildman–Crippen LogP) is 3.94. The first kappa shape index (κ1) is 31.8.